The Hall–Kier alpha value is -1.98. The molecule has 0 saturated heterocycles. The van der Waals surface area contributed by atoms with Crippen LogP contribution in [0.4, 0.5) is 0 Å². The van der Waals surface area contributed by atoms with Crippen LogP contribution in [0, 0.1) is 4.77 Å². The smallest absolute Gasteiger partial charge is 0.175 e. The van der Waals surface area contributed by atoms with Crippen LogP contribution in [-0.2, 0) is 0 Å². The molecule has 0 aliphatic carbocycles. The summed E-state index contributed by atoms with van der Waals surface area (Å²) in [4.78, 5) is 10.2. The maximum atomic E-state index is 4.90. The molecule has 2 aromatic heterocycles. The Balaban J connectivity index is 0.000000117. The standard InChI is InChI=1S/C7H6N2S.C7H5NS/c10-7-8-5-3-1-2-4-6(5)9-7;1-2-4-7-6(3-1)8-5-9-7/h1-4H,(H2,8,9,10);1-5H. The third-order valence-electron chi connectivity index (χ3n) is 2.66. The molecule has 2 N–H and O–H groups in total. The van der Waals surface area contributed by atoms with Crippen LogP contribution >= 0.6 is 23.6 Å². The van der Waals surface area contributed by atoms with Gasteiger partial charge in [-0.05, 0) is 36.5 Å². The molecule has 4 aromatic rings. The number of thiazole rings is 1. The van der Waals surface area contributed by atoms with E-state index < -0.39 is 0 Å². The number of H-pyrrole nitrogens is 2. The van der Waals surface area contributed by atoms with Gasteiger partial charge in [0.25, 0.3) is 0 Å². The monoisotopic (exact) mass is 285 g/mol. The van der Waals surface area contributed by atoms with Crippen LogP contribution in [0.2, 0.25) is 0 Å². The van der Waals surface area contributed by atoms with E-state index in [0.717, 1.165) is 16.6 Å². The Morgan fingerprint density at radius 3 is 2.21 bits per heavy atom. The number of benzene rings is 2. The number of nitrogens with one attached hydrogen (secondary N) is 2. The summed E-state index contributed by atoms with van der Waals surface area (Å²) >= 11 is 6.58. The predicted octanol–water partition coefficient (Wildman–Crippen LogP) is 4.52. The number of fused-ring (bicyclic) bond motifs is 2. The fourth-order valence-corrected chi connectivity index (χ4v) is 2.68. The lowest BCUT2D eigenvalue weighted by Crippen LogP contribution is -1.63. The SMILES string of the molecule is S=c1[nH]c2ccccc2[nH]1.c1ccc2scnc2c1. The van der Waals surface area contributed by atoms with Crippen molar-refractivity contribution in [2.24, 2.45) is 0 Å². The first kappa shape index (κ1) is 12.1. The number of rotatable bonds is 0. The van der Waals surface area contributed by atoms with E-state index in [-0.39, 0.29) is 0 Å². The third kappa shape index (κ3) is 2.72. The summed E-state index contributed by atoms with van der Waals surface area (Å²) in [7, 11) is 0. The molecular formula is C14H11N3S2. The molecule has 0 atom stereocenters. The first-order chi connectivity index (χ1) is 9.33. The minimum absolute atomic E-state index is 0.682. The molecule has 0 radical (unpaired) electrons. The molecule has 4 rings (SSSR count). The lowest BCUT2D eigenvalue weighted by molar-refractivity contribution is 1.30. The number of aromatic amines is 2. The van der Waals surface area contributed by atoms with E-state index in [0.29, 0.717) is 4.77 Å². The van der Waals surface area contributed by atoms with Crippen molar-refractivity contribution in [3.63, 3.8) is 0 Å². The second kappa shape index (κ2) is 5.34. The third-order valence-corrected chi connectivity index (χ3v) is 3.67. The minimum atomic E-state index is 0.682. The highest BCUT2D eigenvalue weighted by molar-refractivity contribution is 7.71. The average Bonchev–Trinajstić information content (AvgIpc) is 3.03. The largest absolute Gasteiger partial charge is 0.331 e. The summed E-state index contributed by atoms with van der Waals surface area (Å²) in [5.74, 6) is 0. The maximum Gasteiger partial charge on any atom is 0.175 e. The molecule has 0 aliphatic rings. The molecular weight excluding hydrogens is 274 g/mol. The van der Waals surface area contributed by atoms with Crippen molar-refractivity contribution in [2.45, 2.75) is 0 Å². The van der Waals surface area contributed by atoms with Crippen LogP contribution in [-0.4, -0.2) is 15.0 Å². The van der Waals surface area contributed by atoms with Gasteiger partial charge in [0.05, 0.1) is 26.8 Å². The highest BCUT2D eigenvalue weighted by atomic mass is 32.1. The first-order valence-corrected chi connectivity index (χ1v) is 7.07. The molecule has 2 aromatic carbocycles. The van der Waals surface area contributed by atoms with Gasteiger partial charge < -0.3 is 9.97 Å². The molecule has 0 saturated carbocycles. The Kier molecular flexibility index (Phi) is 3.39. The van der Waals surface area contributed by atoms with Crippen molar-refractivity contribution >= 4 is 44.8 Å². The summed E-state index contributed by atoms with van der Waals surface area (Å²) in [5.41, 5.74) is 5.09. The Morgan fingerprint density at radius 1 is 0.895 bits per heavy atom. The molecule has 19 heavy (non-hydrogen) atoms. The van der Waals surface area contributed by atoms with Crippen molar-refractivity contribution in [2.75, 3.05) is 0 Å². The van der Waals surface area contributed by atoms with Gasteiger partial charge in [-0.1, -0.05) is 24.3 Å². The lowest BCUT2D eigenvalue weighted by Gasteiger charge is -1.82. The van der Waals surface area contributed by atoms with Crippen molar-refractivity contribution in [3.05, 3.63) is 58.8 Å². The summed E-state index contributed by atoms with van der Waals surface area (Å²) < 4.78 is 1.94. The molecule has 5 heteroatoms. The van der Waals surface area contributed by atoms with Crippen molar-refractivity contribution < 1.29 is 0 Å². The second-order valence-electron chi connectivity index (χ2n) is 3.94. The van der Waals surface area contributed by atoms with E-state index in [1.54, 1.807) is 11.3 Å². The van der Waals surface area contributed by atoms with Gasteiger partial charge in [-0.3, -0.25) is 0 Å². The topological polar surface area (TPSA) is 44.5 Å². The molecule has 2 heterocycles. The van der Waals surface area contributed by atoms with Gasteiger partial charge in [-0.2, -0.15) is 0 Å². The molecule has 0 unspecified atom stereocenters. The Bertz CT molecular complexity index is 791. The van der Waals surface area contributed by atoms with E-state index in [1.807, 2.05) is 48.0 Å². The number of hydrogen-bond acceptors (Lipinski definition) is 3. The normalized spacial score (nSPS) is 10.3. The lowest BCUT2D eigenvalue weighted by atomic mass is 10.3. The quantitative estimate of drug-likeness (QED) is 0.466. The van der Waals surface area contributed by atoms with Crippen LogP contribution < -0.4 is 0 Å². The van der Waals surface area contributed by atoms with E-state index in [1.165, 1.54) is 4.70 Å². The first-order valence-electron chi connectivity index (χ1n) is 5.78. The van der Waals surface area contributed by atoms with Gasteiger partial charge in [0.2, 0.25) is 0 Å². The van der Waals surface area contributed by atoms with Crippen LogP contribution in [0.25, 0.3) is 21.3 Å². The van der Waals surface area contributed by atoms with E-state index in [2.05, 4.69) is 21.0 Å². The van der Waals surface area contributed by atoms with Gasteiger partial charge in [-0.25, -0.2) is 4.98 Å². The van der Waals surface area contributed by atoms with Gasteiger partial charge in [0.15, 0.2) is 4.77 Å². The molecule has 0 amide bonds. The summed E-state index contributed by atoms with van der Waals surface area (Å²) in [6, 6.07) is 16.0. The fourth-order valence-electron chi connectivity index (χ4n) is 1.78. The molecule has 0 spiro atoms. The van der Waals surface area contributed by atoms with Crippen LogP contribution in [0.15, 0.2) is 54.0 Å². The molecule has 0 bridgehead atoms. The Labute approximate surface area is 119 Å². The summed E-state index contributed by atoms with van der Waals surface area (Å²) in [5, 5.41) is 0. The van der Waals surface area contributed by atoms with Crippen molar-refractivity contribution in [3.8, 4) is 0 Å². The highest BCUT2D eigenvalue weighted by Gasteiger charge is 1.90. The van der Waals surface area contributed by atoms with E-state index in [4.69, 9.17) is 12.2 Å². The fraction of sp³-hybridized carbons (Fsp3) is 0. The van der Waals surface area contributed by atoms with Gasteiger partial charge in [-0.15, -0.1) is 11.3 Å². The molecule has 3 nitrogen and oxygen atoms in total. The molecule has 94 valence electrons. The number of hydrogen-bond donors (Lipinski definition) is 2. The minimum Gasteiger partial charge on any atom is -0.331 e. The number of aromatic nitrogens is 3. The van der Waals surface area contributed by atoms with Gasteiger partial charge in [0, 0.05) is 0 Å². The number of nitrogens with zero attached hydrogens (tertiary/aromatic N) is 1. The zero-order valence-corrected chi connectivity index (χ0v) is 11.6. The molecule has 0 aliphatic heterocycles. The van der Waals surface area contributed by atoms with Crippen molar-refractivity contribution in [1.29, 1.82) is 0 Å². The van der Waals surface area contributed by atoms with E-state index in [9.17, 15) is 0 Å². The average molecular weight is 285 g/mol. The highest BCUT2D eigenvalue weighted by Crippen LogP contribution is 2.15. The number of para-hydroxylation sites is 3. The summed E-state index contributed by atoms with van der Waals surface area (Å²) in [6.07, 6.45) is 0. The van der Waals surface area contributed by atoms with Crippen LogP contribution in [0.5, 0.6) is 0 Å². The van der Waals surface area contributed by atoms with Crippen molar-refractivity contribution in [1.82, 2.24) is 15.0 Å². The van der Waals surface area contributed by atoms with E-state index >= 15 is 0 Å². The zero-order chi connectivity index (χ0) is 13.1. The van der Waals surface area contributed by atoms with Crippen LogP contribution in [0.3, 0.4) is 0 Å². The van der Waals surface area contributed by atoms with Gasteiger partial charge in [0.1, 0.15) is 0 Å². The summed E-state index contributed by atoms with van der Waals surface area (Å²) in [6.45, 7) is 0. The van der Waals surface area contributed by atoms with Crippen LogP contribution in [0.1, 0.15) is 0 Å². The predicted molar refractivity (Wildman–Crippen MR) is 83.1 cm³/mol. The Morgan fingerprint density at radius 2 is 1.53 bits per heavy atom. The zero-order valence-electron chi connectivity index (χ0n) is 9.96. The number of imidazole rings is 1. The maximum absolute atomic E-state index is 4.90. The molecule has 0 fully saturated rings. The van der Waals surface area contributed by atoms with Gasteiger partial charge >= 0.3 is 0 Å². The second-order valence-corrected chi connectivity index (χ2v) is 5.24.